The van der Waals surface area contributed by atoms with Gasteiger partial charge in [-0.15, -0.1) is 0 Å². The van der Waals surface area contributed by atoms with Crippen molar-refractivity contribution in [1.29, 1.82) is 5.26 Å². The van der Waals surface area contributed by atoms with Gasteiger partial charge < -0.3 is 15.5 Å². The van der Waals surface area contributed by atoms with Gasteiger partial charge in [0.2, 0.25) is 5.82 Å². The van der Waals surface area contributed by atoms with E-state index in [0.29, 0.717) is 0 Å². The number of H-pyrrole nitrogens is 1. The smallest absolute Gasteiger partial charge is 0.209 e. The van der Waals surface area contributed by atoms with Gasteiger partial charge in [0.05, 0.1) is 11.2 Å². The fourth-order valence-corrected chi connectivity index (χ4v) is 2.91. The average molecular weight is 380 g/mol. The van der Waals surface area contributed by atoms with Crippen LogP contribution in [0.4, 0.5) is 19.0 Å². The van der Waals surface area contributed by atoms with Crippen molar-refractivity contribution in [3.8, 4) is 28.8 Å². The predicted molar refractivity (Wildman–Crippen MR) is 97.0 cm³/mol. The lowest BCUT2D eigenvalue weighted by Crippen LogP contribution is -2.04. The minimum atomic E-state index is -0.999. The lowest BCUT2D eigenvalue weighted by Gasteiger charge is -2.13. The van der Waals surface area contributed by atoms with Gasteiger partial charge >= 0.3 is 0 Å². The quantitative estimate of drug-likeness (QED) is 0.530. The van der Waals surface area contributed by atoms with Crippen LogP contribution in [0.1, 0.15) is 5.56 Å². The molecule has 0 aliphatic rings. The summed E-state index contributed by atoms with van der Waals surface area (Å²) in [6, 6.07) is 11.9. The van der Waals surface area contributed by atoms with E-state index in [1.165, 1.54) is 6.20 Å². The number of pyridine rings is 1. The number of fused-ring (bicyclic) bond motifs is 1. The molecule has 2 aromatic carbocycles. The largest absolute Gasteiger partial charge is 0.453 e. The molecule has 2 heterocycles. The molecule has 0 spiro atoms. The monoisotopic (exact) mass is 380 g/mol. The number of rotatable bonds is 3. The van der Waals surface area contributed by atoms with E-state index < -0.39 is 29.0 Å². The Morgan fingerprint density at radius 3 is 2.57 bits per heavy atom. The Labute approximate surface area is 156 Å². The molecule has 0 radical (unpaired) electrons. The Bertz CT molecular complexity index is 1250. The molecular weight excluding hydrogens is 369 g/mol. The molecule has 0 aliphatic carbocycles. The third-order valence-corrected chi connectivity index (χ3v) is 4.16. The van der Waals surface area contributed by atoms with Crippen molar-refractivity contribution >= 4 is 16.7 Å². The number of nitrogens with one attached hydrogen (secondary N) is 1. The minimum Gasteiger partial charge on any atom is -0.453 e. The lowest BCUT2D eigenvalue weighted by atomic mass is 10.0. The number of para-hydroxylation sites is 1. The molecule has 8 heteroatoms. The molecule has 0 amide bonds. The molecule has 0 atom stereocenters. The molecule has 0 bridgehead atoms. The number of nitrogen functional groups attached to an aromatic ring is 1. The predicted octanol–water partition coefficient (Wildman–Crippen LogP) is 4.89. The molecule has 138 valence electrons. The van der Waals surface area contributed by atoms with Gasteiger partial charge in [0, 0.05) is 23.2 Å². The minimum absolute atomic E-state index is 0.0236. The van der Waals surface area contributed by atoms with Gasteiger partial charge in [0.1, 0.15) is 29.0 Å². The van der Waals surface area contributed by atoms with Crippen LogP contribution in [0.2, 0.25) is 0 Å². The van der Waals surface area contributed by atoms with E-state index in [2.05, 4.69) is 9.97 Å². The summed E-state index contributed by atoms with van der Waals surface area (Å²) in [6.45, 7) is 0. The van der Waals surface area contributed by atoms with Crippen LogP contribution in [0, 0.1) is 28.8 Å². The Balaban J connectivity index is 1.98. The molecule has 0 saturated heterocycles. The summed E-state index contributed by atoms with van der Waals surface area (Å²) >= 11 is 0. The van der Waals surface area contributed by atoms with Crippen molar-refractivity contribution in [1.82, 2.24) is 9.97 Å². The van der Waals surface area contributed by atoms with Gasteiger partial charge in [0.25, 0.3) is 0 Å². The number of nitriles is 1. The van der Waals surface area contributed by atoms with Crippen molar-refractivity contribution in [3.05, 3.63) is 71.7 Å². The summed E-state index contributed by atoms with van der Waals surface area (Å²) in [5, 5.41) is 9.77. The molecular formula is C20H11F3N4O. The number of benzene rings is 2. The fraction of sp³-hybridized carbons (Fsp3) is 0. The number of nitrogens with two attached hydrogens (primary N) is 1. The van der Waals surface area contributed by atoms with Crippen molar-refractivity contribution < 1.29 is 17.9 Å². The highest BCUT2D eigenvalue weighted by atomic mass is 19.1. The van der Waals surface area contributed by atoms with Crippen LogP contribution in [-0.4, -0.2) is 9.97 Å². The first-order valence-electron chi connectivity index (χ1n) is 8.08. The first-order valence-corrected chi connectivity index (χ1v) is 8.08. The number of aromatic nitrogens is 2. The summed E-state index contributed by atoms with van der Waals surface area (Å²) in [6.07, 6.45) is 1.35. The van der Waals surface area contributed by atoms with Crippen molar-refractivity contribution in [3.63, 3.8) is 0 Å². The van der Waals surface area contributed by atoms with Crippen LogP contribution in [0.15, 0.2) is 48.7 Å². The standard InChI is InChI=1S/C20H11F3N4O/c21-10-6-12-14(9-26-18(12)15(22)7-10)17-13(8-24)19(16(23)20(25)27-17)28-11-4-2-1-3-5-11/h1-7,9,26H,(H2,25,27). The maximum Gasteiger partial charge on any atom is 0.209 e. The third kappa shape index (κ3) is 2.79. The summed E-state index contributed by atoms with van der Waals surface area (Å²) in [5.74, 6) is -3.25. The first-order chi connectivity index (χ1) is 13.5. The normalized spacial score (nSPS) is 10.8. The first kappa shape index (κ1) is 17.4. The van der Waals surface area contributed by atoms with Gasteiger partial charge in [-0.3, -0.25) is 0 Å². The zero-order chi connectivity index (χ0) is 19.8. The van der Waals surface area contributed by atoms with Crippen LogP contribution < -0.4 is 10.5 Å². The number of halogens is 3. The average Bonchev–Trinajstić information content (AvgIpc) is 3.10. The Hall–Kier alpha value is -3.99. The maximum absolute atomic E-state index is 14.6. The zero-order valence-corrected chi connectivity index (χ0v) is 14.1. The SMILES string of the molecule is N#Cc1c(-c2c[nH]c3c(F)cc(F)cc23)nc(N)c(F)c1Oc1ccccc1. The number of hydrogen-bond donors (Lipinski definition) is 2. The zero-order valence-electron chi connectivity index (χ0n) is 14.1. The van der Waals surface area contributed by atoms with Crippen LogP contribution in [-0.2, 0) is 0 Å². The Morgan fingerprint density at radius 1 is 1.11 bits per heavy atom. The third-order valence-electron chi connectivity index (χ3n) is 4.16. The second-order valence-corrected chi connectivity index (χ2v) is 5.90. The number of ether oxygens (including phenoxy) is 1. The molecule has 0 saturated carbocycles. The van der Waals surface area contributed by atoms with Crippen molar-refractivity contribution in [2.45, 2.75) is 0 Å². The van der Waals surface area contributed by atoms with E-state index in [9.17, 15) is 18.4 Å². The van der Waals surface area contributed by atoms with E-state index in [1.54, 1.807) is 30.3 Å². The second kappa shape index (κ2) is 6.63. The summed E-state index contributed by atoms with van der Waals surface area (Å²) in [7, 11) is 0. The van der Waals surface area contributed by atoms with Gasteiger partial charge in [-0.05, 0) is 18.2 Å². The van der Waals surface area contributed by atoms with Crippen LogP contribution in [0.25, 0.3) is 22.2 Å². The lowest BCUT2D eigenvalue weighted by molar-refractivity contribution is 0.441. The maximum atomic E-state index is 14.6. The molecule has 4 rings (SSSR count). The summed E-state index contributed by atoms with van der Waals surface area (Å²) < 4.78 is 47.9. The topological polar surface area (TPSA) is 87.7 Å². The van der Waals surface area contributed by atoms with E-state index in [0.717, 1.165) is 12.1 Å². The summed E-state index contributed by atoms with van der Waals surface area (Å²) in [5.41, 5.74) is 5.59. The molecule has 0 unspecified atom stereocenters. The highest BCUT2D eigenvalue weighted by Gasteiger charge is 2.24. The molecule has 3 N–H and O–H groups in total. The van der Waals surface area contributed by atoms with Crippen LogP contribution >= 0.6 is 0 Å². The van der Waals surface area contributed by atoms with Gasteiger partial charge in [-0.1, -0.05) is 18.2 Å². The van der Waals surface area contributed by atoms with Gasteiger partial charge in [-0.25, -0.2) is 13.8 Å². The molecule has 0 aliphatic heterocycles. The number of hydrogen-bond acceptors (Lipinski definition) is 4. The second-order valence-electron chi connectivity index (χ2n) is 5.90. The van der Waals surface area contributed by atoms with Gasteiger partial charge in [-0.2, -0.15) is 9.65 Å². The Kier molecular flexibility index (Phi) is 4.12. The number of aromatic amines is 1. The number of anilines is 1. The molecule has 2 aromatic heterocycles. The van der Waals surface area contributed by atoms with Crippen molar-refractivity contribution in [2.75, 3.05) is 5.73 Å². The highest BCUT2D eigenvalue weighted by molar-refractivity contribution is 5.96. The molecule has 4 aromatic rings. The fourth-order valence-electron chi connectivity index (χ4n) is 2.91. The van der Waals surface area contributed by atoms with E-state index >= 15 is 0 Å². The highest BCUT2D eigenvalue weighted by Crippen LogP contribution is 2.39. The van der Waals surface area contributed by atoms with Crippen molar-refractivity contribution in [2.24, 2.45) is 0 Å². The molecule has 28 heavy (non-hydrogen) atoms. The Morgan fingerprint density at radius 2 is 1.86 bits per heavy atom. The van der Waals surface area contributed by atoms with E-state index in [1.807, 2.05) is 6.07 Å². The van der Waals surface area contributed by atoms with Crippen LogP contribution in [0.3, 0.4) is 0 Å². The molecule has 0 fully saturated rings. The van der Waals surface area contributed by atoms with Gasteiger partial charge in [0.15, 0.2) is 11.6 Å². The number of nitrogens with zero attached hydrogens (tertiary/aromatic N) is 2. The molecule has 5 nitrogen and oxygen atoms in total. The van der Waals surface area contributed by atoms with Crippen LogP contribution in [0.5, 0.6) is 11.5 Å². The van der Waals surface area contributed by atoms with E-state index in [-0.39, 0.29) is 33.5 Å². The van der Waals surface area contributed by atoms with E-state index in [4.69, 9.17) is 10.5 Å². The summed E-state index contributed by atoms with van der Waals surface area (Å²) in [4.78, 5) is 6.60.